The largest absolute Gasteiger partial charge is 0.436 e. The molecule has 4 nitrogen and oxygen atoms in total. The third-order valence-corrected chi connectivity index (χ3v) is 9.80. The van der Waals surface area contributed by atoms with Crippen LogP contribution in [0.15, 0.2) is 192 Å². The van der Waals surface area contributed by atoms with Gasteiger partial charge in [0.25, 0.3) is 0 Å². The number of fused-ring (bicyclic) bond motifs is 6. The van der Waals surface area contributed by atoms with Crippen LogP contribution in [0, 0.1) is 0 Å². The highest BCUT2D eigenvalue weighted by Crippen LogP contribution is 2.46. The lowest BCUT2D eigenvalue weighted by Crippen LogP contribution is -2.12. The number of para-hydroxylation sites is 3. The van der Waals surface area contributed by atoms with E-state index in [1.54, 1.807) is 0 Å². The summed E-state index contributed by atoms with van der Waals surface area (Å²) in [6.07, 6.45) is 0. The predicted molar refractivity (Wildman–Crippen MR) is 211 cm³/mol. The van der Waals surface area contributed by atoms with Crippen LogP contribution in [-0.2, 0) is 0 Å². The van der Waals surface area contributed by atoms with Crippen molar-refractivity contribution in [2.24, 2.45) is 0 Å². The van der Waals surface area contributed by atoms with Gasteiger partial charge in [0.15, 0.2) is 5.58 Å². The van der Waals surface area contributed by atoms with E-state index in [1.165, 1.54) is 16.3 Å². The Balaban J connectivity index is 1.28. The molecule has 0 spiro atoms. The van der Waals surface area contributed by atoms with Gasteiger partial charge in [-0.2, -0.15) is 0 Å². The van der Waals surface area contributed by atoms with Gasteiger partial charge in [0, 0.05) is 38.7 Å². The minimum atomic E-state index is 0.610. The number of anilines is 3. The molecular weight excluding hydrogens is 623 g/mol. The van der Waals surface area contributed by atoms with E-state index in [2.05, 4.69) is 161 Å². The molecule has 10 aromatic rings. The van der Waals surface area contributed by atoms with Crippen LogP contribution in [0.1, 0.15) is 0 Å². The quantitative estimate of drug-likeness (QED) is 0.179. The van der Waals surface area contributed by atoms with Gasteiger partial charge in [-0.1, -0.05) is 121 Å². The molecule has 0 unspecified atom stereocenters. The SMILES string of the molecule is c1ccc(-c2nc3c(ccc4cccc(N(c5ccc6c(c5)c5ccccc5n6-c5ccccc5)c5ccccc5-c5ccccc5)c43)o2)cc1. The molecule has 10 rings (SSSR count). The molecule has 0 saturated heterocycles. The van der Waals surface area contributed by atoms with Gasteiger partial charge in [0.2, 0.25) is 5.89 Å². The molecule has 51 heavy (non-hydrogen) atoms. The Morgan fingerprint density at radius 2 is 1.16 bits per heavy atom. The van der Waals surface area contributed by atoms with E-state index < -0.39 is 0 Å². The lowest BCUT2D eigenvalue weighted by atomic mass is 10.00. The Hall–Kier alpha value is -6.91. The normalized spacial score (nSPS) is 11.5. The highest BCUT2D eigenvalue weighted by atomic mass is 16.3. The third kappa shape index (κ3) is 4.80. The summed E-state index contributed by atoms with van der Waals surface area (Å²) in [5.41, 5.74) is 11.5. The Morgan fingerprint density at radius 3 is 1.98 bits per heavy atom. The Bertz CT molecular complexity index is 2850. The molecule has 0 fully saturated rings. The number of benzene rings is 8. The summed E-state index contributed by atoms with van der Waals surface area (Å²) in [4.78, 5) is 7.55. The van der Waals surface area contributed by atoms with Gasteiger partial charge in [-0.05, 0) is 77.7 Å². The van der Waals surface area contributed by atoms with Gasteiger partial charge >= 0.3 is 0 Å². The number of hydrogen-bond acceptors (Lipinski definition) is 3. The second-order valence-corrected chi connectivity index (χ2v) is 12.8. The first-order chi connectivity index (χ1) is 25.3. The van der Waals surface area contributed by atoms with Gasteiger partial charge in [-0.25, -0.2) is 4.98 Å². The minimum absolute atomic E-state index is 0.610. The fraction of sp³-hybridized carbons (Fsp3) is 0. The second-order valence-electron chi connectivity index (χ2n) is 12.8. The molecule has 0 aliphatic carbocycles. The highest BCUT2D eigenvalue weighted by Gasteiger charge is 2.23. The molecule has 2 aromatic heterocycles. The zero-order valence-electron chi connectivity index (χ0n) is 27.6. The highest BCUT2D eigenvalue weighted by molar-refractivity contribution is 6.15. The van der Waals surface area contributed by atoms with E-state index in [0.717, 1.165) is 66.8 Å². The Labute approximate surface area is 295 Å². The standard InChI is InChI=1S/C47H31N3O/c1-4-15-32(16-5-1)37-22-10-12-24-40(37)50(36-28-29-42-39(31-36)38-23-11-13-25-41(38)49(42)35-20-8-3-9-21-35)43-26-14-19-33-27-30-44-46(45(33)43)48-47(51-44)34-17-6-2-7-18-34/h1-31H. The molecule has 0 atom stereocenters. The molecule has 8 aromatic carbocycles. The average molecular weight is 654 g/mol. The van der Waals surface area contributed by atoms with Crippen LogP contribution in [0.2, 0.25) is 0 Å². The summed E-state index contributed by atoms with van der Waals surface area (Å²) in [6.45, 7) is 0. The van der Waals surface area contributed by atoms with Crippen LogP contribution in [0.4, 0.5) is 17.1 Å². The molecule has 2 heterocycles. The predicted octanol–water partition coefficient (Wildman–Crippen LogP) is 12.9. The molecule has 0 aliphatic heterocycles. The van der Waals surface area contributed by atoms with Gasteiger partial charge < -0.3 is 13.9 Å². The second kappa shape index (κ2) is 11.9. The summed E-state index contributed by atoms with van der Waals surface area (Å²) in [6, 6.07) is 66.2. The Morgan fingerprint density at radius 1 is 0.490 bits per heavy atom. The summed E-state index contributed by atoms with van der Waals surface area (Å²) in [7, 11) is 0. The summed E-state index contributed by atoms with van der Waals surface area (Å²) in [5, 5.41) is 4.53. The first kappa shape index (κ1) is 29.0. The maximum atomic E-state index is 6.42. The van der Waals surface area contributed by atoms with Crippen molar-refractivity contribution in [3.8, 4) is 28.3 Å². The van der Waals surface area contributed by atoms with Gasteiger partial charge in [-0.3, -0.25) is 0 Å². The van der Waals surface area contributed by atoms with E-state index in [9.17, 15) is 0 Å². The zero-order chi connectivity index (χ0) is 33.7. The topological polar surface area (TPSA) is 34.2 Å². The van der Waals surface area contributed by atoms with Gasteiger partial charge in [-0.15, -0.1) is 0 Å². The first-order valence-corrected chi connectivity index (χ1v) is 17.2. The Kier molecular flexibility index (Phi) is 6.78. The lowest BCUT2D eigenvalue weighted by molar-refractivity contribution is 0.620. The first-order valence-electron chi connectivity index (χ1n) is 17.2. The maximum absolute atomic E-state index is 6.42. The van der Waals surface area contributed by atoms with Crippen LogP contribution in [-0.4, -0.2) is 9.55 Å². The van der Waals surface area contributed by atoms with E-state index in [1.807, 2.05) is 36.4 Å². The number of rotatable bonds is 6. The van der Waals surface area contributed by atoms with Crippen molar-refractivity contribution in [2.45, 2.75) is 0 Å². The molecule has 4 heteroatoms. The van der Waals surface area contributed by atoms with E-state index in [4.69, 9.17) is 9.40 Å². The molecule has 0 bridgehead atoms. The van der Waals surface area contributed by atoms with Crippen LogP contribution >= 0.6 is 0 Å². The zero-order valence-corrected chi connectivity index (χ0v) is 27.6. The molecular formula is C47H31N3O. The van der Waals surface area contributed by atoms with Crippen molar-refractivity contribution >= 4 is 60.7 Å². The maximum Gasteiger partial charge on any atom is 0.227 e. The third-order valence-electron chi connectivity index (χ3n) is 9.80. The number of hydrogen-bond donors (Lipinski definition) is 0. The van der Waals surface area contributed by atoms with Crippen molar-refractivity contribution in [3.63, 3.8) is 0 Å². The molecule has 0 radical (unpaired) electrons. The molecule has 240 valence electrons. The molecule has 0 N–H and O–H groups in total. The van der Waals surface area contributed by atoms with Crippen molar-refractivity contribution in [1.29, 1.82) is 0 Å². The monoisotopic (exact) mass is 653 g/mol. The number of aromatic nitrogens is 2. The summed E-state index contributed by atoms with van der Waals surface area (Å²) < 4.78 is 8.78. The van der Waals surface area contributed by atoms with Gasteiger partial charge in [0.05, 0.1) is 22.4 Å². The number of oxazole rings is 1. The van der Waals surface area contributed by atoms with Crippen molar-refractivity contribution in [2.75, 3.05) is 4.90 Å². The average Bonchev–Trinajstić information content (AvgIpc) is 3.79. The lowest BCUT2D eigenvalue weighted by Gasteiger charge is -2.29. The van der Waals surface area contributed by atoms with Crippen LogP contribution in [0.3, 0.4) is 0 Å². The van der Waals surface area contributed by atoms with Crippen molar-refractivity contribution in [3.05, 3.63) is 188 Å². The minimum Gasteiger partial charge on any atom is -0.436 e. The van der Waals surface area contributed by atoms with E-state index in [0.29, 0.717) is 5.89 Å². The van der Waals surface area contributed by atoms with Crippen LogP contribution < -0.4 is 4.90 Å². The fourth-order valence-corrected chi connectivity index (χ4v) is 7.53. The van der Waals surface area contributed by atoms with E-state index in [-0.39, 0.29) is 0 Å². The molecule has 0 amide bonds. The number of nitrogens with zero attached hydrogens (tertiary/aromatic N) is 3. The van der Waals surface area contributed by atoms with E-state index >= 15 is 0 Å². The van der Waals surface area contributed by atoms with Crippen LogP contribution in [0.25, 0.3) is 71.9 Å². The smallest absolute Gasteiger partial charge is 0.227 e. The summed E-state index contributed by atoms with van der Waals surface area (Å²) in [5.74, 6) is 0.610. The van der Waals surface area contributed by atoms with Crippen LogP contribution in [0.5, 0.6) is 0 Å². The molecule has 0 aliphatic rings. The fourth-order valence-electron chi connectivity index (χ4n) is 7.53. The molecule has 0 saturated carbocycles. The van der Waals surface area contributed by atoms with Crippen molar-refractivity contribution in [1.82, 2.24) is 9.55 Å². The van der Waals surface area contributed by atoms with Crippen molar-refractivity contribution < 1.29 is 4.42 Å². The van der Waals surface area contributed by atoms with Gasteiger partial charge in [0.1, 0.15) is 5.52 Å². The summed E-state index contributed by atoms with van der Waals surface area (Å²) >= 11 is 0.